The Hall–Kier alpha value is -3.17. The summed E-state index contributed by atoms with van der Waals surface area (Å²) >= 11 is 5.64. The Bertz CT molecular complexity index is 945. The molecule has 0 aliphatic carbocycles. The molecule has 2 bridgehead atoms. The first-order valence-corrected chi connectivity index (χ1v) is 8.37. The van der Waals surface area contributed by atoms with Crippen LogP contribution in [-0.2, 0) is 6.61 Å². The molecule has 0 saturated carbocycles. The number of hydrogen-bond donors (Lipinski definition) is 2. The summed E-state index contributed by atoms with van der Waals surface area (Å²) in [7, 11) is 0. The maximum Gasteiger partial charge on any atom is 0.144 e. The molecular formula is C19H17ClN4O2. The van der Waals surface area contributed by atoms with Crippen molar-refractivity contribution in [1.29, 1.82) is 5.26 Å². The Morgan fingerprint density at radius 2 is 2.12 bits per heavy atom. The van der Waals surface area contributed by atoms with Crippen LogP contribution >= 0.6 is 11.8 Å². The van der Waals surface area contributed by atoms with Gasteiger partial charge in [0.2, 0.25) is 0 Å². The van der Waals surface area contributed by atoms with E-state index in [1.807, 2.05) is 25.1 Å². The lowest BCUT2D eigenvalue weighted by Gasteiger charge is -2.11. The van der Waals surface area contributed by atoms with Gasteiger partial charge in [0.1, 0.15) is 24.2 Å². The number of hydrogen-bond acceptors (Lipinski definition) is 6. The van der Waals surface area contributed by atoms with Gasteiger partial charge in [-0.05, 0) is 30.7 Å². The first kappa shape index (κ1) is 17.6. The highest BCUT2D eigenvalue weighted by atomic mass is 35.5. The predicted molar refractivity (Wildman–Crippen MR) is 102 cm³/mol. The van der Waals surface area contributed by atoms with Crippen molar-refractivity contribution in [1.82, 2.24) is 4.98 Å². The Balaban J connectivity index is 0.000000201. The summed E-state index contributed by atoms with van der Waals surface area (Å²) in [4.78, 5) is 6.67. The van der Waals surface area contributed by atoms with E-state index in [4.69, 9.17) is 32.2 Å². The summed E-state index contributed by atoms with van der Waals surface area (Å²) in [5.41, 5.74) is 9.15. The van der Waals surface area contributed by atoms with Crippen molar-refractivity contribution in [2.24, 2.45) is 0 Å². The SMILES string of the molecule is CCOc1cc2ncc(C#N)c(NCl)c2cc1N.c1cc2ccc1CO2. The molecule has 0 radical (unpaired) electrons. The van der Waals surface area contributed by atoms with Gasteiger partial charge in [-0.25, -0.2) is 0 Å². The van der Waals surface area contributed by atoms with E-state index in [2.05, 4.69) is 22.0 Å². The van der Waals surface area contributed by atoms with Gasteiger partial charge in [-0.2, -0.15) is 5.26 Å². The standard InChI is InChI=1S/C12H11ClN4O.C7H6O/c1-2-18-11-4-10-8(3-9(11)15)12(17-13)7(5-14)6-16-10;1-3-7-4-2-6(1)5-8-7/h3-4,6H,2,15H2,1H3,(H,16,17);1-4H,5H2. The number of nitrogens with two attached hydrogens (primary N) is 1. The molecule has 0 spiro atoms. The molecule has 2 aromatic carbocycles. The van der Waals surface area contributed by atoms with E-state index in [1.54, 1.807) is 12.1 Å². The second-order valence-electron chi connectivity index (χ2n) is 5.53. The second kappa shape index (κ2) is 7.81. The first-order chi connectivity index (χ1) is 12.7. The van der Waals surface area contributed by atoms with Crippen LogP contribution in [0.15, 0.2) is 42.6 Å². The monoisotopic (exact) mass is 368 g/mol. The number of nitrogens with one attached hydrogen (secondary N) is 1. The number of pyridine rings is 1. The smallest absolute Gasteiger partial charge is 0.144 e. The molecule has 26 heavy (non-hydrogen) atoms. The normalized spacial score (nSPS) is 11.1. The fourth-order valence-corrected chi connectivity index (χ4v) is 2.76. The van der Waals surface area contributed by atoms with E-state index in [0.717, 1.165) is 12.4 Å². The van der Waals surface area contributed by atoms with Crippen molar-refractivity contribution >= 4 is 34.1 Å². The lowest BCUT2D eigenvalue weighted by molar-refractivity contribution is 0.295. The van der Waals surface area contributed by atoms with Crippen LogP contribution in [0.4, 0.5) is 11.4 Å². The van der Waals surface area contributed by atoms with Gasteiger partial charge in [0.25, 0.3) is 0 Å². The molecule has 7 heteroatoms. The minimum atomic E-state index is 0.362. The van der Waals surface area contributed by atoms with Crippen molar-refractivity contribution < 1.29 is 9.47 Å². The molecule has 2 aliphatic heterocycles. The third-order valence-electron chi connectivity index (χ3n) is 3.84. The first-order valence-electron chi connectivity index (χ1n) is 7.99. The number of rotatable bonds is 3. The van der Waals surface area contributed by atoms with E-state index in [1.165, 1.54) is 11.8 Å². The molecule has 6 nitrogen and oxygen atoms in total. The summed E-state index contributed by atoms with van der Waals surface area (Å²) in [6.07, 6.45) is 1.46. The van der Waals surface area contributed by atoms with Gasteiger partial charge in [-0.3, -0.25) is 9.82 Å². The van der Waals surface area contributed by atoms with Gasteiger partial charge >= 0.3 is 0 Å². The van der Waals surface area contributed by atoms with Crippen LogP contribution in [0.25, 0.3) is 10.9 Å². The fourth-order valence-electron chi connectivity index (χ4n) is 2.55. The number of nitrogens with zero attached hydrogens (tertiary/aromatic N) is 2. The minimum absolute atomic E-state index is 0.362. The van der Waals surface area contributed by atoms with Crippen molar-refractivity contribution in [2.75, 3.05) is 17.2 Å². The number of halogens is 1. The quantitative estimate of drug-likeness (QED) is 0.530. The second-order valence-corrected chi connectivity index (χ2v) is 5.71. The molecule has 132 valence electrons. The highest BCUT2D eigenvalue weighted by Gasteiger charge is 2.11. The number of ether oxygens (including phenoxy) is 2. The van der Waals surface area contributed by atoms with Crippen LogP contribution in [0.3, 0.4) is 0 Å². The van der Waals surface area contributed by atoms with Gasteiger partial charge in [-0.1, -0.05) is 12.1 Å². The molecule has 3 heterocycles. The van der Waals surface area contributed by atoms with Crippen molar-refractivity contribution in [3.05, 3.63) is 53.7 Å². The van der Waals surface area contributed by atoms with Gasteiger partial charge < -0.3 is 15.2 Å². The summed E-state index contributed by atoms with van der Waals surface area (Å²) in [5.74, 6) is 1.56. The van der Waals surface area contributed by atoms with Gasteiger partial charge in [-0.15, -0.1) is 0 Å². The molecule has 5 rings (SSSR count). The Morgan fingerprint density at radius 1 is 1.35 bits per heavy atom. The third-order valence-corrected chi connectivity index (χ3v) is 4.03. The highest BCUT2D eigenvalue weighted by Crippen LogP contribution is 2.33. The number of nitrogen functional groups attached to an aromatic ring is 1. The number of nitriles is 1. The molecule has 0 unspecified atom stereocenters. The zero-order chi connectivity index (χ0) is 18.5. The van der Waals surface area contributed by atoms with E-state index >= 15 is 0 Å². The molecule has 3 N–H and O–H groups in total. The van der Waals surface area contributed by atoms with E-state index in [0.29, 0.717) is 40.2 Å². The number of fused-ring (bicyclic) bond motifs is 4. The Labute approximate surface area is 156 Å². The zero-order valence-corrected chi connectivity index (χ0v) is 14.9. The van der Waals surface area contributed by atoms with E-state index in [-0.39, 0.29) is 0 Å². The summed E-state index contributed by atoms with van der Waals surface area (Å²) in [6, 6.07) is 13.6. The molecule has 3 aromatic rings. The third kappa shape index (κ3) is 3.58. The van der Waals surface area contributed by atoms with Crippen molar-refractivity contribution in [3.63, 3.8) is 0 Å². The predicted octanol–water partition coefficient (Wildman–Crippen LogP) is 4.23. The lowest BCUT2D eigenvalue weighted by atomic mass is 10.1. The molecule has 0 amide bonds. The largest absolute Gasteiger partial charge is 0.492 e. The molecule has 2 aliphatic rings. The summed E-state index contributed by atoms with van der Waals surface area (Å²) < 4.78 is 10.6. The molecule has 0 fully saturated rings. The molecular weight excluding hydrogens is 352 g/mol. The van der Waals surface area contributed by atoms with Gasteiger partial charge in [0.15, 0.2) is 0 Å². The van der Waals surface area contributed by atoms with Crippen LogP contribution in [0.2, 0.25) is 0 Å². The molecule has 0 atom stereocenters. The summed E-state index contributed by atoms with van der Waals surface area (Å²) in [5, 5.41) is 9.66. The lowest BCUT2D eigenvalue weighted by Crippen LogP contribution is -2.00. The van der Waals surface area contributed by atoms with Crippen molar-refractivity contribution in [3.8, 4) is 17.6 Å². The maximum atomic E-state index is 8.97. The Morgan fingerprint density at radius 3 is 2.58 bits per heavy atom. The zero-order valence-electron chi connectivity index (χ0n) is 14.1. The van der Waals surface area contributed by atoms with Crippen LogP contribution in [0.5, 0.6) is 11.5 Å². The van der Waals surface area contributed by atoms with E-state index < -0.39 is 0 Å². The molecule has 1 aromatic heterocycles. The minimum Gasteiger partial charge on any atom is -0.492 e. The van der Waals surface area contributed by atoms with Crippen LogP contribution in [0, 0.1) is 11.3 Å². The topological polar surface area (TPSA) is 93.2 Å². The average Bonchev–Trinajstić information content (AvgIpc) is 2.70. The van der Waals surface area contributed by atoms with Gasteiger partial charge in [0, 0.05) is 29.4 Å². The number of anilines is 2. The van der Waals surface area contributed by atoms with Crippen molar-refractivity contribution in [2.45, 2.75) is 13.5 Å². The number of benzene rings is 2. The van der Waals surface area contributed by atoms with Crippen LogP contribution < -0.4 is 20.0 Å². The fraction of sp³-hybridized carbons (Fsp3) is 0.158. The maximum absolute atomic E-state index is 8.97. The van der Waals surface area contributed by atoms with Crippen LogP contribution in [-0.4, -0.2) is 11.6 Å². The average molecular weight is 369 g/mol. The van der Waals surface area contributed by atoms with Gasteiger partial charge in [0.05, 0.1) is 29.1 Å². The highest BCUT2D eigenvalue weighted by molar-refractivity contribution is 6.26. The molecule has 0 saturated heterocycles. The number of aromatic nitrogens is 1. The van der Waals surface area contributed by atoms with E-state index in [9.17, 15) is 0 Å². The Kier molecular flexibility index (Phi) is 5.30. The van der Waals surface area contributed by atoms with Crippen LogP contribution in [0.1, 0.15) is 18.1 Å². The summed E-state index contributed by atoms with van der Waals surface area (Å²) in [6.45, 7) is 3.16.